The van der Waals surface area contributed by atoms with Crippen molar-refractivity contribution < 1.29 is 49.5 Å². The quantitative estimate of drug-likeness (QED) is 0.369. The Balaban J connectivity index is 0.00000112. The molecular weight excluding hydrogens is 478 g/mol. The molecule has 3 aromatic rings. The van der Waals surface area contributed by atoms with Gasteiger partial charge in [0, 0.05) is 0 Å². The maximum Gasteiger partial charge on any atom is -1.00 e. The second kappa shape index (κ2) is 8.36. The Hall–Kier alpha value is -1.05. The first-order chi connectivity index (χ1) is 12.7. The third-order valence-electron chi connectivity index (χ3n) is 5.63. The normalized spacial score (nSPS) is 15.3. The maximum atomic E-state index is 2.42. The van der Waals surface area contributed by atoms with Crippen LogP contribution in [0.5, 0.6) is 0 Å². The fourth-order valence-corrected chi connectivity index (χ4v) is 6.88. The van der Waals surface area contributed by atoms with E-state index in [1.807, 2.05) is 0 Å². The summed E-state index contributed by atoms with van der Waals surface area (Å²) in [5, 5.41) is 4.29. The molecule has 5 rings (SSSR count). The molecule has 0 spiro atoms. The molecule has 0 heterocycles. The molecule has 2 aliphatic rings. The first kappa shape index (κ1) is 21.7. The van der Waals surface area contributed by atoms with Gasteiger partial charge in [0.25, 0.3) is 0 Å². The molecule has 0 aromatic heterocycles. The smallest absolute Gasteiger partial charge is 1.00 e. The number of hydrogen-bond acceptors (Lipinski definition) is 0. The Kier molecular flexibility index (Phi) is 6.47. The van der Waals surface area contributed by atoms with Crippen LogP contribution < -0.4 is 30.0 Å². The minimum Gasteiger partial charge on any atom is -1.00 e. The van der Waals surface area contributed by atoms with E-state index in [1.165, 1.54) is 60.3 Å². The average molecular weight is 498 g/mol. The van der Waals surface area contributed by atoms with Crippen molar-refractivity contribution in [3.05, 3.63) is 109 Å². The summed E-state index contributed by atoms with van der Waals surface area (Å²) < 4.78 is 1.53. The summed E-state index contributed by atoms with van der Waals surface area (Å²) in [5.74, 6) is 0.390. The van der Waals surface area contributed by atoms with E-state index in [1.54, 1.807) is 10.4 Å². The summed E-state index contributed by atoms with van der Waals surface area (Å²) in [7, 11) is -0.548. The molecule has 137 valence electrons. The molecule has 1 unspecified atom stereocenters. The second-order valence-corrected chi connectivity index (χ2v) is 11.1. The summed E-state index contributed by atoms with van der Waals surface area (Å²) >= 11 is 1.51. The van der Waals surface area contributed by atoms with Crippen molar-refractivity contribution in [2.45, 2.75) is 19.0 Å². The molecule has 0 N–H and O–H groups in total. The number of fused-ring (bicyclic) bond motifs is 3. The largest absolute Gasteiger partial charge is 1.00 e. The summed E-state index contributed by atoms with van der Waals surface area (Å²) in [4.78, 5) is 1.59. The third-order valence-corrected chi connectivity index (χ3v) is 8.42. The van der Waals surface area contributed by atoms with Gasteiger partial charge in [-0.1, -0.05) is 0 Å². The van der Waals surface area contributed by atoms with E-state index >= 15 is 0 Å². The molecule has 3 aromatic carbocycles. The Labute approximate surface area is 194 Å². The fraction of sp³-hybridized carbons (Fsp3) is 0.125. The third kappa shape index (κ3) is 3.19. The minimum atomic E-state index is -0.548. The van der Waals surface area contributed by atoms with E-state index < -0.39 is 8.41 Å². The van der Waals surface area contributed by atoms with Gasteiger partial charge in [0.05, 0.1) is 0 Å². The summed E-state index contributed by atoms with van der Waals surface area (Å²) in [5.41, 5.74) is 5.94. The van der Waals surface area contributed by atoms with Crippen LogP contribution in [0.25, 0.3) is 9.36 Å². The Bertz CT molecular complexity index is 1320. The standard InChI is InChI=1S/C24H19Si.2ClH.Zr/c1-25(2)23-14-13-20-19-10-6-4-8-17(19)15-22(20)24(23)21-12-11-16-7-3-5-9-18(16)21;;;/h3-14,21H,1-2H3;2*1H;/q;;;+2/p-2. The van der Waals surface area contributed by atoms with Crippen LogP contribution in [0.1, 0.15) is 28.2 Å². The molecule has 0 bridgehead atoms. The molecule has 2 aliphatic carbocycles. The summed E-state index contributed by atoms with van der Waals surface area (Å²) in [6.45, 7) is 4.84. The zero-order chi connectivity index (χ0) is 17.8. The maximum absolute atomic E-state index is 2.42. The summed E-state index contributed by atoms with van der Waals surface area (Å²) in [6, 6.07) is 22.6. The van der Waals surface area contributed by atoms with Crippen LogP contribution in [-0.2, 0) is 24.7 Å². The number of halogens is 2. The Morgan fingerprint density at radius 2 is 1.46 bits per heavy atom. The molecular formula is C24H19Cl2SiZr. The number of hydrogen-bond donors (Lipinski definition) is 0. The van der Waals surface area contributed by atoms with Crippen LogP contribution >= 0.6 is 0 Å². The molecule has 0 amide bonds. The van der Waals surface area contributed by atoms with Crippen molar-refractivity contribution in [2.24, 2.45) is 0 Å². The minimum absolute atomic E-state index is 0. The molecule has 0 fully saturated rings. The van der Waals surface area contributed by atoms with E-state index in [2.05, 4.69) is 85.9 Å². The zero-order valence-corrected chi connectivity index (χ0v) is 20.7. The molecule has 0 saturated heterocycles. The van der Waals surface area contributed by atoms with Crippen LogP contribution in [-0.4, -0.2) is 8.41 Å². The van der Waals surface area contributed by atoms with Crippen LogP contribution in [0.3, 0.4) is 0 Å². The van der Waals surface area contributed by atoms with Gasteiger partial charge in [0.2, 0.25) is 0 Å². The van der Waals surface area contributed by atoms with E-state index in [4.69, 9.17) is 0 Å². The average Bonchev–Trinajstić information content (AvgIpc) is 3.21. The van der Waals surface area contributed by atoms with Crippen molar-refractivity contribution in [1.29, 1.82) is 0 Å². The first-order valence-corrected chi connectivity index (χ1v) is 12.8. The van der Waals surface area contributed by atoms with Crippen LogP contribution in [0, 0.1) is 15.3 Å². The first-order valence-electron chi connectivity index (χ1n) is 9.10. The van der Waals surface area contributed by atoms with Gasteiger partial charge < -0.3 is 24.8 Å². The van der Waals surface area contributed by atoms with E-state index in [0.717, 1.165) is 0 Å². The van der Waals surface area contributed by atoms with Gasteiger partial charge in [-0.2, -0.15) is 0 Å². The number of benzene rings is 3. The van der Waals surface area contributed by atoms with E-state index in [-0.39, 0.29) is 24.8 Å². The Morgan fingerprint density at radius 3 is 2.21 bits per heavy atom. The van der Waals surface area contributed by atoms with Gasteiger partial charge in [-0.3, -0.25) is 0 Å². The Morgan fingerprint density at radius 1 is 0.786 bits per heavy atom. The van der Waals surface area contributed by atoms with Crippen molar-refractivity contribution in [3.8, 4) is 0 Å². The number of rotatable bonds is 1. The molecule has 28 heavy (non-hydrogen) atoms. The monoisotopic (exact) mass is 495 g/mol. The molecule has 1 atom stereocenters. The van der Waals surface area contributed by atoms with Crippen molar-refractivity contribution in [2.75, 3.05) is 0 Å². The molecule has 0 radical (unpaired) electrons. The van der Waals surface area contributed by atoms with Crippen molar-refractivity contribution in [3.63, 3.8) is 0 Å². The topological polar surface area (TPSA) is 0 Å². The van der Waals surface area contributed by atoms with Crippen molar-refractivity contribution >= 4 is 17.8 Å². The van der Waals surface area contributed by atoms with Gasteiger partial charge in [-0.25, -0.2) is 0 Å². The van der Waals surface area contributed by atoms with Gasteiger partial charge >= 0.3 is 171 Å². The fourth-order valence-electron chi connectivity index (χ4n) is 4.44. The summed E-state index contributed by atoms with van der Waals surface area (Å²) in [6.07, 6.45) is 4.73. The van der Waals surface area contributed by atoms with Crippen LogP contribution in [0.15, 0.2) is 66.7 Å². The molecule has 4 heteroatoms. The number of allylic oxidation sites excluding steroid dienone is 1. The van der Waals surface area contributed by atoms with Gasteiger partial charge in [-0.15, -0.1) is 0 Å². The predicted octanol–water partition coefficient (Wildman–Crippen LogP) is -1.26. The molecule has 0 nitrogen and oxygen atoms in total. The van der Waals surface area contributed by atoms with Gasteiger partial charge in [0.15, 0.2) is 0 Å². The SMILES string of the molecule is C[Si](C)=c1ccc2c(c1C1C=Cc3ccccc31)[C]([Zr+2])=c1ccccc1=2.[Cl-].[Cl-]. The van der Waals surface area contributed by atoms with Gasteiger partial charge in [-0.05, 0) is 0 Å². The van der Waals surface area contributed by atoms with Crippen LogP contribution in [0.2, 0.25) is 13.1 Å². The van der Waals surface area contributed by atoms with Gasteiger partial charge in [0.1, 0.15) is 0 Å². The van der Waals surface area contributed by atoms with E-state index in [0.29, 0.717) is 5.92 Å². The predicted molar refractivity (Wildman–Crippen MR) is 106 cm³/mol. The zero-order valence-electron chi connectivity index (χ0n) is 15.8. The molecule has 0 saturated carbocycles. The molecule has 0 aliphatic heterocycles. The second-order valence-electron chi connectivity index (χ2n) is 7.34. The van der Waals surface area contributed by atoms with Crippen molar-refractivity contribution in [1.82, 2.24) is 0 Å². The van der Waals surface area contributed by atoms with Crippen LogP contribution in [0.4, 0.5) is 0 Å². The van der Waals surface area contributed by atoms with E-state index in [9.17, 15) is 0 Å².